The largest absolute Gasteiger partial charge is 0.373 e. The fraction of sp³-hybridized carbons (Fsp3) is 0.600. The highest BCUT2D eigenvalue weighted by Gasteiger charge is 2.24. The fourth-order valence-corrected chi connectivity index (χ4v) is 3.58. The third kappa shape index (κ3) is 3.65. The molecule has 19 heavy (non-hydrogen) atoms. The maximum atomic E-state index is 6.14. The minimum absolute atomic E-state index is 0.678. The highest BCUT2D eigenvalue weighted by atomic mass is 79.9. The lowest BCUT2D eigenvalue weighted by Crippen LogP contribution is -2.39. The average molecular weight is 346 g/mol. The molecule has 0 N–H and O–H groups in total. The van der Waals surface area contributed by atoms with Crippen molar-refractivity contribution in [1.29, 1.82) is 0 Å². The average Bonchev–Trinajstić information content (AvgIpc) is 2.85. The van der Waals surface area contributed by atoms with Gasteiger partial charge in [0.05, 0.1) is 0 Å². The zero-order chi connectivity index (χ0) is 13.8. The summed E-state index contributed by atoms with van der Waals surface area (Å²) in [6.07, 6.45) is 2.63. The molecule has 0 bridgehead atoms. The topological polar surface area (TPSA) is 6.48 Å². The molecule has 0 aromatic heterocycles. The number of likely N-dealkylation sites (N-methyl/N-ethyl adjacent to an activating group) is 2. The summed E-state index contributed by atoms with van der Waals surface area (Å²) in [5.74, 6) is 0. The van der Waals surface area contributed by atoms with Gasteiger partial charge >= 0.3 is 0 Å². The maximum absolute atomic E-state index is 6.14. The first kappa shape index (κ1) is 15.1. The van der Waals surface area contributed by atoms with E-state index in [1.807, 2.05) is 6.07 Å². The molecular formula is C15H22BrClN2. The highest BCUT2D eigenvalue weighted by Crippen LogP contribution is 2.27. The Hall–Kier alpha value is -0.250. The van der Waals surface area contributed by atoms with Crippen LogP contribution in [-0.2, 0) is 5.33 Å². The van der Waals surface area contributed by atoms with E-state index < -0.39 is 0 Å². The van der Waals surface area contributed by atoms with Crippen molar-refractivity contribution in [3.05, 3.63) is 28.8 Å². The molecule has 1 aromatic carbocycles. The van der Waals surface area contributed by atoms with Crippen LogP contribution in [0.15, 0.2) is 18.2 Å². The van der Waals surface area contributed by atoms with Gasteiger partial charge in [-0.05, 0) is 43.6 Å². The van der Waals surface area contributed by atoms with Gasteiger partial charge in [-0.3, -0.25) is 4.90 Å². The Bertz CT molecular complexity index is 425. The third-order valence-electron chi connectivity index (χ3n) is 3.99. The Balaban J connectivity index is 2.11. The van der Waals surface area contributed by atoms with Crippen molar-refractivity contribution in [2.75, 3.05) is 31.6 Å². The van der Waals surface area contributed by atoms with Gasteiger partial charge in [0, 0.05) is 35.7 Å². The maximum Gasteiger partial charge on any atom is 0.0426 e. The number of rotatable bonds is 5. The van der Waals surface area contributed by atoms with Gasteiger partial charge in [-0.25, -0.2) is 0 Å². The zero-order valence-electron chi connectivity index (χ0n) is 11.7. The van der Waals surface area contributed by atoms with Gasteiger partial charge in [-0.1, -0.05) is 40.5 Å². The lowest BCUT2D eigenvalue weighted by Gasteiger charge is -2.30. The molecule has 106 valence electrons. The summed E-state index contributed by atoms with van der Waals surface area (Å²) in [7, 11) is 2.17. The van der Waals surface area contributed by atoms with Crippen LogP contribution >= 0.6 is 27.5 Å². The van der Waals surface area contributed by atoms with Gasteiger partial charge in [0.1, 0.15) is 0 Å². The third-order valence-corrected chi connectivity index (χ3v) is 4.83. The summed E-state index contributed by atoms with van der Waals surface area (Å²) in [6.45, 7) is 5.73. The zero-order valence-corrected chi connectivity index (χ0v) is 14.0. The second kappa shape index (κ2) is 6.96. The molecule has 4 heteroatoms. The van der Waals surface area contributed by atoms with Gasteiger partial charge < -0.3 is 4.90 Å². The summed E-state index contributed by atoms with van der Waals surface area (Å²) >= 11 is 9.70. The first-order valence-corrected chi connectivity index (χ1v) is 8.45. The van der Waals surface area contributed by atoms with Crippen LogP contribution in [0.4, 0.5) is 5.69 Å². The minimum atomic E-state index is 0.678. The molecule has 1 aliphatic rings. The molecule has 0 aliphatic carbocycles. The molecule has 1 aromatic rings. The van der Waals surface area contributed by atoms with Crippen LogP contribution in [0.5, 0.6) is 0 Å². The summed E-state index contributed by atoms with van der Waals surface area (Å²) in [4.78, 5) is 4.93. The molecule has 0 radical (unpaired) electrons. The predicted molar refractivity (Wildman–Crippen MR) is 87.6 cm³/mol. The van der Waals surface area contributed by atoms with E-state index in [0.29, 0.717) is 6.04 Å². The lowest BCUT2D eigenvalue weighted by molar-refractivity contribution is 0.270. The van der Waals surface area contributed by atoms with Crippen molar-refractivity contribution in [3.63, 3.8) is 0 Å². The molecule has 1 aliphatic heterocycles. The Morgan fingerprint density at radius 1 is 1.47 bits per heavy atom. The van der Waals surface area contributed by atoms with Crippen molar-refractivity contribution < 1.29 is 0 Å². The Labute approximate surface area is 129 Å². The number of halogens is 2. The first-order chi connectivity index (χ1) is 9.15. The molecule has 0 amide bonds. The predicted octanol–water partition coefficient (Wildman–Crippen LogP) is 4.16. The number of alkyl halides is 1. The van der Waals surface area contributed by atoms with E-state index in [4.69, 9.17) is 11.6 Å². The van der Waals surface area contributed by atoms with Crippen LogP contribution in [-0.4, -0.2) is 37.6 Å². The van der Waals surface area contributed by atoms with E-state index in [-0.39, 0.29) is 0 Å². The minimum Gasteiger partial charge on any atom is -0.373 e. The van der Waals surface area contributed by atoms with Gasteiger partial charge in [0.15, 0.2) is 0 Å². The van der Waals surface area contributed by atoms with Crippen molar-refractivity contribution in [2.45, 2.75) is 31.1 Å². The standard InChI is InChI=1S/C15H22BrClN2/c1-3-19-8-4-5-14(19)11-18(2)15-9-13(17)7-6-12(15)10-16/h6-7,9,14H,3-5,8,10-11H2,1-2H3. The first-order valence-electron chi connectivity index (χ1n) is 6.95. The molecule has 0 saturated carbocycles. The Morgan fingerprint density at radius 2 is 2.26 bits per heavy atom. The summed E-state index contributed by atoms with van der Waals surface area (Å²) in [6, 6.07) is 6.82. The van der Waals surface area contributed by atoms with Crippen LogP contribution in [0.25, 0.3) is 0 Å². The van der Waals surface area contributed by atoms with Crippen LogP contribution < -0.4 is 4.90 Å². The summed E-state index contributed by atoms with van der Waals surface area (Å²) in [5.41, 5.74) is 2.54. The summed E-state index contributed by atoms with van der Waals surface area (Å²) < 4.78 is 0. The van der Waals surface area contributed by atoms with Gasteiger partial charge in [-0.15, -0.1) is 0 Å². The molecule has 1 fully saturated rings. The van der Waals surface area contributed by atoms with Crippen molar-refractivity contribution >= 4 is 33.2 Å². The lowest BCUT2D eigenvalue weighted by atomic mass is 10.1. The number of nitrogens with zero attached hydrogens (tertiary/aromatic N) is 2. The second-order valence-corrected chi connectivity index (χ2v) is 6.21. The van der Waals surface area contributed by atoms with Gasteiger partial charge in [0.25, 0.3) is 0 Å². The van der Waals surface area contributed by atoms with E-state index in [2.05, 4.69) is 51.8 Å². The molecule has 1 saturated heterocycles. The highest BCUT2D eigenvalue weighted by molar-refractivity contribution is 9.08. The fourth-order valence-electron chi connectivity index (χ4n) is 2.94. The molecule has 0 spiro atoms. The van der Waals surface area contributed by atoms with Crippen LogP contribution in [0.3, 0.4) is 0 Å². The molecule has 1 unspecified atom stereocenters. The van der Waals surface area contributed by atoms with E-state index in [1.54, 1.807) is 0 Å². The Kier molecular flexibility index (Phi) is 5.55. The van der Waals surface area contributed by atoms with E-state index in [9.17, 15) is 0 Å². The van der Waals surface area contributed by atoms with Crippen LogP contribution in [0, 0.1) is 0 Å². The summed E-state index contributed by atoms with van der Waals surface area (Å²) in [5, 5.41) is 1.68. The Morgan fingerprint density at radius 3 is 2.95 bits per heavy atom. The van der Waals surface area contributed by atoms with E-state index in [1.165, 1.54) is 30.6 Å². The SMILES string of the molecule is CCN1CCCC1CN(C)c1cc(Cl)ccc1CBr. The normalized spacial score (nSPS) is 19.9. The monoisotopic (exact) mass is 344 g/mol. The molecule has 1 heterocycles. The van der Waals surface area contributed by atoms with Crippen LogP contribution in [0.2, 0.25) is 5.02 Å². The molecule has 1 atom stereocenters. The number of anilines is 1. The molecular weight excluding hydrogens is 324 g/mol. The van der Waals surface area contributed by atoms with Crippen molar-refractivity contribution in [2.24, 2.45) is 0 Å². The van der Waals surface area contributed by atoms with Gasteiger partial charge in [0.2, 0.25) is 0 Å². The van der Waals surface area contributed by atoms with Crippen LogP contribution in [0.1, 0.15) is 25.3 Å². The number of likely N-dealkylation sites (tertiary alicyclic amines) is 1. The molecule has 2 nitrogen and oxygen atoms in total. The van der Waals surface area contributed by atoms with Gasteiger partial charge in [-0.2, -0.15) is 0 Å². The van der Waals surface area contributed by atoms with E-state index in [0.717, 1.165) is 23.4 Å². The second-order valence-electron chi connectivity index (χ2n) is 5.21. The quantitative estimate of drug-likeness (QED) is 0.740. The number of benzene rings is 1. The number of hydrogen-bond donors (Lipinski definition) is 0. The van der Waals surface area contributed by atoms with E-state index >= 15 is 0 Å². The number of hydrogen-bond acceptors (Lipinski definition) is 2. The van der Waals surface area contributed by atoms with Crippen molar-refractivity contribution in [1.82, 2.24) is 4.90 Å². The smallest absolute Gasteiger partial charge is 0.0426 e. The van der Waals surface area contributed by atoms with Crippen molar-refractivity contribution in [3.8, 4) is 0 Å². The molecule has 2 rings (SSSR count).